The van der Waals surface area contributed by atoms with E-state index in [1.165, 1.54) is 12.7 Å². The van der Waals surface area contributed by atoms with E-state index in [4.69, 9.17) is 9.47 Å². The number of aromatic nitrogens is 3. The first kappa shape index (κ1) is 23.7. The van der Waals surface area contributed by atoms with Crippen LogP contribution in [0.5, 0.6) is 11.5 Å². The molecule has 34 heavy (non-hydrogen) atoms. The summed E-state index contributed by atoms with van der Waals surface area (Å²) < 4.78 is 38.3. The number of H-pyrrole nitrogens is 1. The van der Waals surface area contributed by atoms with Crippen molar-refractivity contribution in [3.05, 3.63) is 47.5 Å². The Bertz CT molecular complexity index is 1290. The van der Waals surface area contributed by atoms with Crippen LogP contribution in [0.25, 0.3) is 11.4 Å². The summed E-state index contributed by atoms with van der Waals surface area (Å²) in [5.74, 6) is 1.23. The minimum absolute atomic E-state index is 0.0468. The summed E-state index contributed by atoms with van der Waals surface area (Å²) in [5, 5.41) is 9.33. The lowest BCUT2D eigenvalue weighted by Crippen LogP contribution is -2.28. The van der Waals surface area contributed by atoms with Crippen molar-refractivity contribution in [1.82, 2.24) is 19.9 Å². The van der Waals surface area contributed by atoms with Gasteiger partial charge in [0, 0.05) is 19.0 Å². The number of carbonyl (C=O) groups is 1. The van der Waals surface area contributed by atoms with Gasteiger partial charge in [0.25, 0.3) is 0 Å². The molecule has 3 N–H and O–H groups in total. The van der Waals surface area contributed by atoms with Crippen LogP contribution in [0.4, 0.5) is 5.95 Å². The number of nitrogens with one attached hydrogen (secondary N) is 3. The molecule has 1 amide bonds. The highest BCUT2D eigenvalue weighted by molar-refractivity contribution is 7.89. The molecular formula is C23H27N5O5S. The highest BCUT2D eigenvalue weighted by atomic mass is 32.2. The molecule has 0 radical (unpaired) electrons. The summed E-state index contributed by atoms with van der Waals surface area (Å²) in [6, 6.07) is 10.5. The van der Waals surface area contributed by atoms with Gasteiger partial charge < -0.3 is 9.47 Å². The van der Waals surface area contributed by atoms with Crippen LogP contribution in [0.1, 0.15) is 30.4 Å². The second-order valence-electron chi connectivity index (χ2n) is 7.91. The van der Waals surface area contributed by atoms with Crippen molar-refractivity contribution in [2.45, 2.75) is 37.0 Å². The summed E-state index contributed by atoms with van der Waals surface area (Å²) in [5.41, 5.74) is 2.94. The van der Waals surface area contributed by atoms with E-state index in [1.54, 1.807) is 37.4 Å². The average molecular weight is 486 g/mol. The fourth-order valence-corrected chi connectivity index (χ4v) is 4.96. The largest absolute Gasteiger partial charge is 0.497 e. The molecule has 1 aliphatic carbocycles. The Kier molecular flexibility index (Phi) is 7.13. The summed E-state index contributed by atoms with van der Waals surface area (Å²) in [6.07, 6.45) is 4.00. The zero-order valence-corrected chi connectivity index (χ0v) is 19.9. The van der Waals surface area contributed by atoms with Crippen LogP contribution >= 0.6 is 0 Å². The number of benzene rings is 2. The molecule has 0 saturated carbocycles. The van der Waals surface area contributed by atoms with Crippen molar-refractivity contribution in [1.29, 1.82) is 0 Å². The number of aryl methyl sites for hydroxylation is 2. The normalized spacial score (nSPS) is 13.2. The van der Waals surface area contributed by atoms with Crippen molar-refractivity contribution in [3.8, 4) is 22.9 Å². The molecule has 1 heterocycles. The smallest absolute Gasteiger partial charge is 0.249 e. The maximum Gasteiger partial charge on any atom is 0.249 e. The quantitative estimate of drug-likeness (QED) is 0.424. The number of fused-ring (bicyclic) bond motifs is 1. The van der Waals surface area contributed by atoms with E-state index in [0.29, 0.717) is 22.9 Å². The number of carbonyl (C=O) groups excluding carboxylic acids is 1. The van der Waals surface area contributed by atoms with Crippen LogP contribution in [0.2, 0.25) is 0 Å². The molecule has 0 spiro atoms. The van der Waals surface area contributed by atoms with Gasteiger partial charge in [0.05, 0.1) is 24.7 Å². The number of nitrogens with zero attached hydrogens (tertiary/aromatic N) is 2. The van der Waals surface area contributed by atoms with Crippen molar-refractivity contribution >= 4 is 21.9 Å². The number of amides is 1. The Morgan fingerprint density at radius 3 is 2.62 bits per heavy atom. The highest BCUT2D eigenvalue weighted by Gasteiger charge is 2.18. The Labute approximate surface area is 198 Å². The number of rotatable bonds is 9. The third-order valence-electron chi connectivity index (χ3n) is 5.67. The third-order valence-corrected chi connectivity index (χ3v) is 7.13. The molecule has 10 nitrogen and oxygen atoms in total. The van der Waals surface area contributed by atoms with E-state index < -0.39 is 15.9 Å². The number of sulfonamides is 1. The van der Waals surface area contributed by atoms with Crippen LogP contribution in [0.3, 0.4) is 0 Å². The van der Waals surface area contributed by atoms with E-state index in [2.05, 4.69) is 25.2 Å². The molecule has 3 aromatic rings. The molecule has 0 atom stereocenters. The Morgan fingerprint density at radius 1 is 1.06 bits per heavy atom. The van der Waals surface area contributed by atoms with Crippen molar-refractivity contribution in [2.24, 2.45) is 0 Å². The van der Waals surface area contributed by atoms with E-state index in [9.17, 15) is 13.2 Å². The summed E-state index contributed by atoms with van der Waals surface area (Å²) in [4.78, 5) is 16.8. The number of hydrogen-bond acceptors (Lipinski definition) is 7. The van der Waals surface area contributed by atoms with Gasteiger partial charge in [0.15, 0.2) is 5.82 Å². The van der Waals surface area contributed by atoms with Crippen molar-refractivity contribution in [3.63, 3.8) is 0 Å². The van der Waals surface area contributed by atoms with Crippen molar-refractivity contribution in [2.75, 3.05) is 26.1 Å². The molecular weight excluding hydrogens is 458 g/mol. The molecule has 0 unspecified atom stereocenters. The first-order valence-electron chi connectivity index (χ1n) is 11.0. The number of ether oxygens (including phenoxy) is 2. The fourth-order valence-electron chi connectivity index (χ4n) is 3.88. The maximum atomic E-state index is 12.6. The molecule has 180 valence electrons. The lowest BCUT2D eigenvalue weighted by molar-refractivity contribution is -0.116. The summed E-state index contributed by atoms with van der Waals surface area (Å²) in [6.45, 7) is -0.0468. The zero-order chi connectivity index (χ0) is 24.1. The fraction of sp³-hybridized carbons (Fsp3) is 0.348. The minimum atomic E-state index is -3.70. The highest BCUT2D eigenvalue weighted by Crippen LogP contribution is 2.31. The maximum absolute atomic E-state index is 12.6. The molecule has 4 rings (SSSR count). The predicted octanol–water partition coefficient (Wildman–Crippen LogP) is 2.67. The average Bonchev–Trinajstić information content (AvgIpc) is 3.31. The van der Waals surface area contributed by atoms with Gasteiger partial charge in [-0.3, -0.25) is 15.2 Å². The van der Waals surface area contributed by atoms with Gasteiger partial charge in [-0.05, 0) is 61.1 Å². The first-order chi connectivity index (χ1) is 16.4. The second kappa shape index (κ2) is 10.2. The van der Waals surface area contributed by atoms with Gasteiger partial charge in [-0.15, -0.1) is 5.10 Å². The molecule has 1 aromatic heterocycles. The third kappa shape index (κ3) is 5.37. The molecule has 0 fully saturated rings. The number of aromatic amines is 1. The monoisotopic (exact) mass is 485 g/mol. The Balaban J connectivity index is 1.33. The summed E-state index contributed by atoms with van der Waals surface area (Å²) in [7, 11) is -0.610. The van der Waals surface area contributed by atoms with Crippen LogP contribution in [-0.2, 0) is 27.7 Å². The zero-order valence-electron chi connectivity index (χ0n) is 19.1. The standard InChI is InChI=1S/C23H27N5O5S/c1-32-17-8-10-19(20(14-17)33-2)22-26-23(28-27-22)25-21(29)11-12-24-34(30,31)18-9-7-15-5-3-4-6-16(15)13-18/h7-10,13-14,24H,3-6,11-12H2,1-2H3,(H2,25,26,27,28,29). The van der Waals surface area contributed by atoms with Crippen LogP contribution in [0, 0.1) is 0 Å². The van der Waals surface area contributed by atoms with Crippen molar-refractivity contribution < 1.29 is 22.7 Å². The van der Waals surface area contributed by atoms with Gasteiger partial charge >= 0.3 is 0 Å². The predicted molar refractivity (Wildman–Crippen MR) is 126 cm³/mol. The summed E-state index contributed by atoms with van der Waals surface area (Å²) >= 11 is 0. The molecule has 0 aliphatic heterocycles. The van der Waals surface area contributed by atoms with E-state index in [-0.39, 0.29) is 23.8 Å². The Morgan fingerprint density at radius 2 is 1.85 bits per heavy atom. The lowest BCUT2D eigenvalue weighted by Gasteiger charge is -2.16. The van der Waals surface area contributed by atoms with E-state index >= 15 is 0 Å². The van der Waals surface area contributed by atoms with E-state index in [0.717, 1.165) is 31.2 Å². The van der Waals surface area contributed by atoms with Crippen LogP contribution in [0.15, 0.2) is 41.3 Å². The minimum Gasteiger partial charge on any atom is -0.497 e. The van der Waals surface area contributed by atoms with Gasteiger partial charge in [0.2, 0.25) is 21.9 Å². The van der Waals surface area contributed by atoms with Gasteiger partial charge in [-0.25, -0.2) is 13.1 Å². The molecule has 1 aliphatic rings. The second-order valence-corrected chi connectivity index (χ2v) is 9.67. The Hall–Kier alpha value is -3.44. The van der Waals surface area contributed by atoms with E-state index in [1.807, 2.05) is 6.07 Å². The topological polar surface area (TPSA) is 135 Å². The molecule has 11 heteroatoms. The number of anilines is 1. The van der Waals surface area contributed by atoms with Gasteiger partial charge in [-0.2, -0.15) is 4.98 Å². The lowest BCUT2D eigenvalue weighted by atomic mass is 9.92. The number of methoxy groups -OCH3 is 2. The molecule has 0 bridgehead atoms. The molecule has 2 aromatic carbocycles. The first-order valence-corrected chi connectivity index (χ1v) is 12.4. The van der Waals surface area contributed by atoms with Gasteiger partial charge in [0.1, 0.15) is 11.5 Å². The van der Waals surface area contributed by atoms with Crippen LogP contribution in [-0.4, -0.2) is 50.3 Å². The SMILES string of the molecule is COc1ccc(-c2nc(NC(=O)CCNS(=O)(=O)c3ccc4c(c3)CCCC4)n[nH]2)c(OC)c1. The number of hydrogen-bond donors (Lipinski definition) is 3. The van der Waals surface area contributed by atoms with Gasteiger partial charge in [-0.1, -0.05) is 6.07 Å². The van der Waals surface area contributed by atoms with Crippen LogP contribution < -0.4 is 19.5 Å². The molecule has 0 saturated heterocycles.